The van der Waals surface area contributed by atoms with Crippen molar-refractivity contribution in [2.24, 2.45) is 5.10 Å². The highest BCUT2D eigenvalue weighted by Crippen LogP contribution is 2.29. The van der Waals surface area contributed by atoms with Crippen LogP contribution in [0.5, 0.6) is 11.5 Å². The first-order valence-corrected chi connectivity index (χ1v) is 10.9. The molecule has 34 heavy (non-hydrogen) atoms. The number of nitrogens with one attached hydrogen (secondary N) is 1. The Morgan fingerprint density at radius 2 is 1.68 bits per heavy atom. The number of fused-ring (bicyclic) bond motifs is 2. The quantitative estimate of drug-likeness (QED) is 0.225. The third-order valence-electron chi connectivity index (χ3n) is 5.61. The van der Waals surface area contributed by atoms with E-state index in [1.807, 2.05) is 97.1 Å². The lowest BCUT2D eigenvalue weighted by atomic mass is 10.0. The largest absolute Gasteiger partial charge is 0.507 e. The molecule has 5 aromatic rings. The van der Waals surface area contributed by atoms with Gasteiger partial charge in [-0.15, -0.1) is 0 Å². The molecule has 1 heterocycles. The van der Waals surface area contributed by atoms with E-state index >= 15 is 0 Å². The van der Waals surface area contributed by atoms with Gasteiger partial charge in [0.1, 0.15) is 11.5 Å². The second-order valence-corrected chi connectivity index (χ2v) is 7.81. The van der Waals surface area contributed by atoms with Gasteiger partial charge in [-0.2, -0.15) is 5.10 Å². The summed E-state index contributed by atoms with van der Waals surface area (Å²) >= 11 is 0. The molecule has 0 aliphatic rings. The number of ether oxygens (including phenoxy) is 1. The van der Waals surface area contributed by atoms with E-state index in [9.17, 15) is 5.11 Å². The molecular weight excluding hydrogens is 422 g/mol. The summed E-state index contributed by atoms with van der Waals surface area (Å²) in [4.78, 5) is 4.77. The van der Waals surface area contributed by atoms with E-state index in [1.165, 1.54) is 0 Å². The SMILES string of the molecule is COc1ccc2nc(C=Cc3ccccc3)cc(N/N=C/c3c(O)ccc4ccccc34)c2c1. The van der Waals surface area contributed by atoms with E-state index in [0.29, 0.717) is 5.56 Å². The summed E-state index contributed by atoms with van der Waals surface area (Å²) in [5, 5.41) is 17.7. The summed E-state index contributed by atoms with van der Waals surface area (Å²) in [5.41, 5.74) is 7.30. The van der Waals surface area contributed by atoms with E-state index in [-0.39, 0.29) is 5.75 Å². The maximum absolute atomic E-state index is 10.4. The van der Waals surface area contributed by atoms with Crippen molar-refractivity contribution >= 4 is 45.7 Å². The van der Waals surface area contributed by atoms with Crippen LogP contribution in [0.15, 0.2) is 96.1 Å². The number of phenols is 1. The zero-order valence-electron chi connectivity index (χ0n) is 18.6. The summed E-state index contributed by atoms with van der Waals surface area (Å²) in [5.74, 6) is 0.914. The Morgan fingerprint density at radius 3 is 2.53 bits per heavy atom. The summed E-state index contributed by atoms with van der Waals surface area (Å²) in [7, 11) is 1.64. The predicted octanol–water partition coefficient (Wildman–Crippen LogP) is 6.72. The molecule has 0 aliphatic carbocycles. The smallest absolute Gasteiger partial charge is 0.125 e. The first-order chi connectivity index (χ1) is 16.7. The molecule has 0 saturated carbocycles. The molecule has 2 N–H and O–H groups in total. The first kappa shape index (κ1) is 21.2. The number of nitrogens with zero attached hydrogens (tertiary/aromatic N) is 2. The van der Waals surface area contributed by atoms with Crippen LogP contribution in [0, 0.1) is 0 Å². The normalized spacial score (nSPS) is 11.6. The molecule has 4 aromatic carbocycles. The van der Waals surface area contributed by atoms with Crippen LogP contribution < -0.4 is 10.2 Å². The van der Waals surface area contributed by atoms with E-state index in [4.69, 9.17) is 9.72 Å². The minimum absolute atomic E-state index is 0.178. The van der Waals surface area contributed by atoms with Gasteiger partial charge in [-0.05, 0) is 52.7 Å². The van der Waals surface area contributed by atoms with Crippen molar-refractivity contribution in [3.05, 3.63) is 108 Å². The van der Waals surface area contributed by atoms with Gasteiger partial charge in [0.25, 0.3) is 0 Å². The molecule has 0 atom stereocenters. The molecule has 0 spiro atoms. The summed E-state index contributed by atoms with van der Waals surface area (Å²) in [6.07, 6.45) is 5.65. The molecule has 0 aliphatic heterocycles. The molecule has 0 amide bonds. The lowest BCUT2D eigenvalue weighted by Gasteiger charge is -2.10. The van der Waals surface area contributed by atoms with Crippen LogP contribution in [0.25, 0.3) is 33.8 Å². The van der Waals surface area contributed by atoms with Crippen LogP contribution in [-0.4, -0.2) is 23.4 Å². The molecule has 0 bridgehead atoms. The number of benzene rings is 4. The van der Waals surface area contributed by atoms with Gasteiger partial charge in [0.05, 0.1) is 30.2 Å². The van der Waals surface area contributed by atoms with Gasteiger partial charge in [0, 0.05) is 10.9 Å². The maximum atomic E-state index is 10.4. The molecule has 5 heteroatoms. The first-order valence-electron chi connectivity index (χ1n) is 10.9. The number of pyridine rings is 1. The molecule has 0 saturated heterocycles. The second-order valence-electron chi connectivity index (χ2n) is 7.81. The zero-order chi connectivity index (χ0) is 23.3. The number of rotatable bonds is 6. The fourth-order valence-corrected chi connectivity index (χ4v) is 3.86. The third-order valence-corrected chi connectivity index (χ3v) is 5.61. The number of phenolic OH excluding ortho intramolecular Hbond substituents is 1. The van der Waals surface area contributed by atoms with Gasteiger partial charge in [-0.3, -0.25) is 5.43 Å². The number of hydrogen-bond donors (Lipinski definition) is 2. The van der Waals surface area contributed by atoms with Crippen LogP contribution in [0.3, 0.4) is 0 Å². The number of hydrogen-bond acceptors (Lipinski definition) is 5. The highest BCUT2D eigenvalue weighted by atomic mass is 16.5. The van der Waals surface area contributed by atoms with Crippen molar-refractivity contribution < 1.29 is 9.84 Å². The van der Waals surface area contributed by atoms with Crippen LogP contribution >= 0.6 is 0 Å². The Bertz CT molecular complexity index is 1530. The zero-order valence-corrected chi connectivity index (χ0v) is 18.6. The van der Waals surface area contributed by atoms with Crippen molar-refractivity contribution in [3.63, 3.8) is 0 Å². The Balaban J connectivity index is 1.52. The van der Waals surface area contributed by atoms with Gasteiger partial charge in [0.2, 0.25) is 0 Å². The average molecular weight is 446 g/mol. The Labute approximate surface area is 197 Å². The lowest BCUT2D eigenvalue weighted by Crippen LogP contribution is -1.96. The van der Waals surface area contributed by atoms with Crippen molar-refractivity contribution in [1.82, 2.24) is 4.98 Å². The Morgan fingerprint density at radius 1 is 0.853 bits per heavy atom. The Kier molecular flexibility index (Phi) is 5.91. The minimum Gasteiger partial charge on any atom is -0.507 e. The van der Waals surface area contributed by atoms with Crippen molar-refractivity contribution in [2.75, 3.05) is 12.5 Å². The van der Waals surface area contributed by atoms with Gasteiger partial charge in [-0.1, -0.05) is 66.7 Å². The van der Waals surface area contributed by atoms with Gasteiger partial charge < -0.3 is 9.84 Å². The summed E-state index contributed by atoms with van der Waals surface area (Å²) < 4.78 is 5.41. The number of aromatic hydroxyl groups is 1. The van der Waals surface area contributed by atoms with Crippen molar-refractivity contribution in [3.8, 4) is 11.5 Å². The molecule has 166 valence electrons. The average Bonchev–Trinajstić information content (AvgIpc) is 2.89. The number of hydrazone groups is 1. The third kappa shape index (κ3) is 4.45. The summed E-state index contributed by atoms with van der Waals surface area (Å²) in [6.45, 7) is 0. The molecule has 1 aromatic heterocycles. The second kappa shape index (κ2) is 9.46. The van der Waals surface area contributed by atoms with Crippen LogP contribution in [0.2, 0.25) is 0 Å². The van der Waals surface area contributed by atoms with E-state index in [0.717, 1.165) is 44.4 Å². The van der Waals surface area contributed by atoms with Crippen LogP contribution in [0.1, 0.15) is 16.8 Å². The van der Waals surface area contributed by atoms with E-state index in [1.54, 1.807) is 19.4 Å². The molecule has 0 fully saturated rings. The minimum atomic E-state index is 0.178. The van der Waals surface area contributed by atoms with Crippen molar-refractivity contribution in [1.29, 1.82) is 0 Å². The molecule has 5 nitrogen and oxygen atoms in total. The van der Waals surface area contributed by atoms with Crippen LogP contribution in [-0.2, 0) is 0 Å². The van der Waals surface area contributed by atoms with Gasteiger partial charge >= 0.3 is 0 Å². The highest BCUT2D eigenvalue weighted by molar-refractivity contribution is 6.03. The Hall–Kier alpha value is -4.64. The number of aromatic nitrogens is 1. The highest BCUT2D eigenvalue weighted by Gasteiger charge is 2.08. The lowest BCUT2D eigenvalue weighted by molar-refractivity contribution is 0.415. The topological polar surface area (TPSA) is 66.7 Å². The van der Waals surface area contributed by atoms with Gasteiger partial charge in [0.15, 0.2) is 0 Å². The molecule has 0 radical (unpaired) electrons. The monoisotopic (exact) mass is 445 g/mol. The fourth-order valence-electron chi connectivity index (χ4n) is 3.86. The molecule has 0 unspecified atom stereocenters. The molecule has 5 rings (SSSR count). The van der Waals surface area contributed by atoms with E-state index in [2.05, 4.69) is 10.5 Å². The maximum Gasteiger partial charge on any atom is 0.125 e. The van der Waals surface area contributed by atoms with Gasteiger partial charge in [-0.25, -0.2) is 4.98 Å². The molecular formula is C29H23N3O2. The van der Waals surface area contributed by atoms with E-state index < -0.39 is 0 Å². The van der Waals surface area contributed by atoms with Crippen molar-refractivity contribution in [2.45, 2.75) is 0 Å². The standard InChI is InChI=1S/C29H23N3O2/c1-34-23-14-15-27-25(18-23)28(17-22(31-27)13-11-20-7-3-2-4-8-20)32-30-19-26-24-10-6-5-9-21(24)12-16-29(26)33/h2-19,33H,1H3,(H,31,32)/b13-11?,30-19+. The number of methoxy groups -OCH3 is 1. The number of anilines is 1. The predicted molar refractivity (Wildman–Crippen MR) is 140 cm³/mol. The van der Waals surface area contributed by atoms with Crippen LogP contribution in [0.4, 0.5) is 5.69 Å². The summed E-state index contributed by atoms with van der Waals surface area (Å²) in [6, 6.07) is 29.3. The fraction of sp³-hybridized carbons (Fsp3) is 0.0345.